The Balaban J connectivity index is 4.13. The van der Waals surface area contributed by atoms with Gasteiger partial charge in [0.05, 0.1) is 0 Å². The predicted octanol–water partition coefficient (Wildman–Crippen LogP) is 25.7. The molecule has 486 valence electrons. The van der Waals surface area contributed by atoms with Crippen molar-refractivity contribution in [1.82, 2.24) is 0 Å². The van der Waals surface area contributed by atoms with Crippen LogP contribution in [0.15, 0.2) is 48.6 Å². The lowest BCUT2D eigenvalue weighted by molar-refractivity contribution is -0.167. The standard InChI is InChI=1S/C77H142O6/c1-4-7-10-13-16-19-22-25-28-31-32-33-34-35-36-37-38-39-40-41-42-43-44-45-46-47-50-52-55-58-61-64-67-70-76(79)82-73-74(83-77(80)71-68-65-62-59-56-53-49-30-27-24-21-18-15-12-9-6-3)72-81-75(78)69-66-63-60-57-54-51-48-29-26-23-20-17-14-11-8-5-2/h7,10,16,19,25,28,32-33,74H,4-6,8-9,11-15,17-18,20-24,26-27,29-31,34-73H2,1-3H3/b10-7-,19-16-,28-25-,33-32-. The van der Waals surface area contributed by atoms with Crippen LogP contribution in [0.2, 0.25) is 0 Å². The van der Waals surface area contributed by atoms with Crippen molar-refractivity contribution >= 4 is 17.9 Å². The fourth-order valence-corrected chi connectivity index (χ4v) is 11.3. The highest BCUT2D eigenvalue weighted by atomic mass is 16.6. The Bertz CT molecular complexity index is 1430. The molecular weight excluding hydrogens is 1020 g/mol. The van der Waals surface area contributed by atoms with Gasteiger partial charge in [-0.2, -0.15) is 0 Å². The quantitative estimate of drug-likeness (QED) is 0.0261. The molecule has 0 amide bonds. The second-order valence-electron chi connectivity index (χ2n) is 25.2. The van der Waals surface area contributed by atoms with E-state index in [4.69, 9.17) is 14.2 Å². The van der Waals surface area contributed by atoms with Gasteiger partial charge in [-0.15, -0.1) is 0 Å². The molecule has 0 aromatic carbocycles. The second kappa shape index (κ2) is 71.8. The number of carbonyl (C=O) groups excluding carboxylic acids is 3. The van der Waals surface area contributed by atoms with Crippen LogP contribution in [0, 0.1) is 0 Å². The number of allylic oxidation sites excluding steroid dienone is 8. The molecule has 0 saturated heterocycles. The second-order valence-corrected chi connectivity index (χ2v) is 25.2. The molecular formula is C77H142O6. The summed E-state index contributed by atoms with van der Waals surface area (Å²) in [6.45, 7) is 6.61. The van der Waals surface area contributed by atoms with Crippen molar-refractivity contribution in [2.45, 2.75) is 412 Å². The number of rotatable bonds is 69. The summed E-state index contributed by atoms with van der Waals surface area (Å²) in [7, 11) is 0. The fraction of sp³-hybridized carbons (Fsp3) is 0.857. The molecule has 0 spiro atoms. The van der Waals surface area contributed by atoms with E-state index < -0.39 is 6.10 Å². The number of ether oxygens (including phenoxy) is 3. The molecule has 1 unspecified atom stereocenters. The molecule has 0 aliphatic carbocycles. The Hall–Kier alpha value is -2.63. The normalized spacial score (nSPS) is 12.3. The van der Waals surface area contributed by atoms with Crippen molar-refractivity contribution in [1.29, 1.82) is 0 Å². The number of hydrogen-bond donors (Lipinski definition) is 0. The zero-order chi connectivity index (χ0) is 59.9. The van der Waals surface area contributed by atoms with Crippen LogP contribution in [0.3, 0.4) is 0 Å². The van der Waals surface area contributed by atoms with Gasteiger partial charge in [0.25, 0.3) is 0 Å². The van der Waals surface area contributed by atoms with Crippen molar-refractivity contribution in [2.75, 3.05) is 13.2 Å². The first-order chi connectivity index (χ1) is 41.0. The summed E-state index contributed by atoms with van der Waals surface area (Å²) in [5, 5.41) is 0. The summed E-state index contributed by atoms with van der Waals surface area (Å²) in [5.41, 5.74) is 0. The first kappa shape index (κ1) is 80.4. The van der Waals surface area contributed by atoms with Crippen molar-refractivity contribution in [3.05, 3.63) is 48.6 Å². The summed E-state index contributed by atoms with van der Waals surface area (Å²) in [6.07, 6.45) is 91.6. The van der Waals surface area contributed by atoms with E-state index in [1.807, 2.05) is 0 Å². The van der Waals surface area contributed by atoms with Crippen molar-refractivity contribution in [3.63, 3.8) is 0 Å². The maximum absolute atomic E-state index is 12.9. The summed E-state index contributed by atoms with van der Waals surface area (Å²) in [5.74, 6) is -0.829. The van der Waals surface area contributed by atoms with Gasteiger partial charge in [-0.3, -0.25) is 14.4 Å². The van der Waals surface area contributed by atoms with E-state index in [9.17, 15) is 14.4 Å². The average Bonchev–Trinajstić information content (AvgIpc) is 3.49. The van der Waals surface area contributed by atoms with E-state index in [0.717, 1.165) is 83.5 Å². The summed E-state index contributed by atoms with van der Waals surface area (Å²) < 4.78 is 17.0. The SMILES string of the molecule is CC/C=C\C/C=C\C/C=C\C/C=C\CCCCCCCCCCCCCCCCCCCCCCC(=O)OCC(COC(=O)CCCCCCCCCCCCCCCCCC)OC(=O)CCCCCCCCCCCCCCCCCC. The lowest BCUT2D eigenvalue weighted by atomic mass is 10.0. The van der Waals surface area contributed by atoms with E-state index in [1.165, 1.54) is 283 Å². The van der Waals surface area contributed by atoms with E-state index in [2.05, 4.69) is 69.4 Å². The average molecular weight is 1160 g/mol. The Morgan fingerprint density at radius 3 is 0.735 bits per heavy atom. The van der Waals surface area contributed by atoms with Gasteiger partial charge in [0.1, 0.15) is 13.2 Å². The molecule has 0 radical (unpaired) electrons. The van der Waals surface area contributed by atoms with Crippen LogP contribution >= 0.6 is 0 Å². The molecule has 0 saturated carbocycles. The summed E-state index contributed by atoms with van der Waals surface area (Å²) in [4.78, 5) is 38.5. The summed E-state index contributed by atoms with van der Waals surface area (Å²) in [6, 6.07) is 0. The predicted molar refractivity (Wildman–Crippen MR) is 362 cm³/mol. The number of unbranched alkanes of at least 4 members (excludes halogenated alkanes) is 50. The van der Waals surface area contributed by atoms with Gasteiger partial charge in [0.2, 0.25) is 0 Å². The molecule has 1 atom stereocenters. The first-order valence-electron chi connectivity index (χ1n) is 37.1. The van der Waals surface area contributed by atoms with Crippen LogP contribution in [-0.2, 0) is 28.6 Å². The van der Waals surface area contributed by atoms with Crippen LogP contribution in [0.25, 0.3) is 0 Å². The minimum absolute atomic E-state index is 0.0640. The third kappa shape index (κ3) is 70.0. The molecule has 0 bridgehead atoms. The highest BCUT2D eigenvalue weighted by Gasteiger charge is 2.20. The monoisotopic (exact) mass is 1160 g/mol. The van der Waals surface area contributed by atoms with Crippen molar-refractivity contribution < 1.29 is 28.6 Å². The molecule has 0 aliphatic rings. The Morgan fingerprint density at radius 1 is 0.253 bits per heavy atom. The van der Waals surface area contributed by atoms with Gasteiger partial charge in [-0.05, 0) is 57.8 Å². The third-order valence-corrected chi connectivity index (χ3v) is 16.8. The molecule has 0 aromatic heterocycles. The summed E-state index contributed by atoms with van der Waals surface area (Å²) >= 11 is 0. The highest BCUT2D eigenvalue weighted by Crippen LogP contribution is 2.19. The lowest BCUT2D eigenvalue weighted by Gasteiger charge is -2.18. The highest BCUT2D eigenvalue weighted by molar-refractivity contribution is 5.71. The van der Waals surface area contributed by atoms with Gasteiger partial charge in [-0.1, -0.05) is 378 Å². The van der Waals surface area contributed by atoms with Crippen LogP contribution in [-0.4, -0.2) is 37.2 Å². The molecule has 83 heavy (non-hydrogen) atoms. The molecule has 0 rings (SSSR count). The van der Waals surface area contributed by atoms with Crippen LogP contribution in [0.4, 0.5) is 0 Å². The molecule has 0 heterocycles. The largest absolute Gasteiger partial charge is 0.462 e. The Kier molecular flexibility index (Phi) is 69.6. The molecule has 0 aliphatic heterocycles. The van der Waals surface area contributed by atoms with Gasteiger partial charge in [0.15, 0.2) is 6.10 Å². The number of esters is 3. The third-order valence-electron chi connectivity index (χ3n) is 16.8. The van der Waals surface area contributed by atoms with E-state index in [1.54, 1.807) is 0 Å². The van der Waals surface area contributed by atoms with E-state index in [0.29, 0.717) is 19.3 Å². The zero-order valence-corrected chi connectivity index (χ0v) is 56.0. The van der Waals surface area contributed by atoms with Crippen LogP contribution < -0.4 is 0 Å². The van der Waals surface area contributed by atoms with E-state index in [-0.39, 0.29) is 31.1 Å². The smallest absolute Gasteiger partial charge is 0.306 e. The van der Waals surface area contributed by atoms with Gasteiger partial charge < -0.3 is 14.2 Å². The first-order valence-corrected chi connectivity index (χ1v) is 37.1. The minimum atomic E-state index is -0.768. The number of hydrogen-bond acceptors (Lipinski definition) is 6. The topological polar surface area (TPSA) is 78.9 Å². The lowest BCUT2D eigenvalue weighted by Crippen LogP contribution is -2.30. The zero-order valence-electron chi connectivity index (χ0n) is 56.0. The molecule has 6 nitrogen and oxygen atoms in total. The van der Waals surface area contributed by atoms with Gasteiger partial charge in [0, 0.05) is 19.3 Å². The van der Waals surface area contributed by atoms with Gasteiger partial charge >= 0.3 is 17.9 Å². The molecule has 0 N–H and O–H groups in total. The Morgan fingerprint density at radius 2 is 0.470 bits per heavy atom. The molecule has 0 aromatic rings. The molecule has 0 fully saturated rings. The van der Waals surface area contributed by atoms with E-state index >= 15 is 0 Å². The van der Waals surface area contributed by atoms with Crippen molar-refractivity contribution in [3.8, 4) is 0 Å². The molecule has 6 heteroatoms. The van der Waals surface area contributed by atoms with Crippen LogP contribution in [0.1, 0.15) is 406 Å². The number of carbonyl (C=O) groups is 3. The van der Waals surface area contributed by atoms with Crippen LogP contribution in [0.5, 0.6) is 0 Å². The maximum atomic E-state index is 12.9. The van der Waals surface area contributed by atoms with Crippen molar-refractivity contribution in [2.24, 2.45) is 0 Å². The minimum Gasteiger partial charge on any atom is -0.462 e. The Labute approximate surface area is 518 Å². The maximum Gasteiger partial charge on any atom is 0.306 e. The fourth-order valence-electron chi connectivity index (χ4n) is 11.3. The van der Waals surface area contributed by atoms with Gasteiger partial charge in [-0.25, -0.2) is 0 Å².